The Labute approximate surface area is 88.9 Å². The van der Waals surface area contributed by atoms with Gasteiger partial charge in [0.15, 0.2) is 0 Å². The van der Waals surface area contributed by atoms with Crippen molar-refractivity contribution in [2.45, 2.75) is 31.9 Å². The molecule has 1 saturated carbocycles. The number of nitrogens with zero attached hydrogens (tertiary/aromatic N) is 1. The molecule has 0 radical (unpaired) electrons. The van der Waals surface area contributed by atoms with Crippen molar-refractivity contribution >= 4 is 5.91 Å². The van der Waals surface area contributed by atoms with E-state index in [0.29, 0.717) is 18.3 Å². The maximum atomic E-state index is 11.7. The highest BCUT2D eigenvalue weighted by atomic mass is 16.3. The molecule has 4 heteroatoms. The van der Waals surface area contributed by atoms with Gasteiger partial charge in [-0.3, -0.25) is 4.79 Å². The third-order valence-electron chi connectivity index (χ3n) is 2.51. The number of rotatable bonds is 4. The van der Waals surface area contributed by atoms with Gasteiger partial charge in [-0.1, -0.05) is 0 Å². The molecule has 1 aromatic rings. The van der Waals surface area contributed by atoms with Crippen molar-refractivity contribution in [1.82, 2.24) is 9.88 Å². The SMILES string of the molecule is CC(O)CNC(=O)c1cccn1C1CC1. The topological polar surface area (TPSA) is 54.3 Å². The molecule has 1 heterocycles. The first-order valence-corrected chi connectivity index (χ1v) is 5.31. The normalized spacial score (nSPS) is 17.5. The van der Waals surface area contributed by atoms with E-state index in [2.05, 4.69) is 5.32 Å². The van der Waals surface area contributed by atoms with Gasteiger partial charge in [-0.2, -0.15) is 0 Å². The van der Waals surface area contributed by atoms with Crippen LogP contribution in [0.4, 0.5) is 0 Å². The van der Waals surface area contributed by atoms with Crippen LogP contribution in [0.1, 0.15) is 36.3 Å². The van der Waals surface area contributed by atoms with Crippen molar-refractivity contribution in [3.63, 3.8) is 0 Å². The zero-order chi connectivity index (χ0) is 10.8. The number of carbonyl (C=O) groups is 1. The minimum atomic E-state index is -0.502. The van der Waals surface area contributed by atoms with E-state index in [0.717, 1.165) is 12.8 Å². The molecular weight excluding hydrogens is 192 g/mol. The summed E-state index contributed by atoms with van der Waals surface area (Å²) in [6.45, 7) is 1.95. The predicted molar refractivity (Wildman–Crippen MR) is 56.7 cm³/mol. The summed E-state index contributed by atoms with van der Waals surface area (Å²) in [4.78, 5) is 11.7. The maximum Gasteiger partial charge on any atom is 0.268 e. The summed E-state index contributed by atoms with van der Waals surface area (Å²) in [5.74, 6) is -0.104. The van der Waals surface area contributed by atoms with Crippen molar-refractivity contribution in [1.29, 1.82) is 0 Å². The molecule has 2 rings (SSSR count). The summed E-state index contributed by atoms with van der Waals surface area (Å²) in [5, 5.41) is 11.8. The van der Waals surface area contributed by atoms with Gasteiger partial charge in [0.25, 0.3) is 5.91 Å². The summed E-state index contributed by atoms with van der Waals surface area (Å²) in [5.41, 5.74) is 0.693. The van der Waals surface area contributed by atoms with Gasteiger partial charge in [0, 0.05) is 18.8 Å². The molecule has 82 valence electrons. The molecule has 1 amide bonds. The van der Waals surface area contributed by atoms with E-state index in [1.165, 1.54) is 0 Å². The maximum absolute atomic E-state index is 11.7. The number of nitrogens with one attached hydrogen (secondary N) is 1. The van der Waals surface area contributed by atoms with Gasteiger partial charge in [0.05, 0.1) is 6.10 Å². The highest BCUT2D eigenvalue weighted by molar-refractivity contribution is 5.92. The van der Waals surface area contributed by atoms with Gasteiger partial charge in [-0.25, -0.2) is 0 Å². The standard InChI is InChI=1S/C11H16N2O2/c1-8(14)7-12-11(15)10-3-2-6-13(10)9-4-5-9/h2-3,6,8-9,14H,4-5,7H2,1H3,(H,12,15). The smallest absolute Gasteiger partial charge is 0.268 e. The first kappa shape index (κ1) is 10.2. The third kappa shape index (κ3) is 2.39. The average Bonchev–Trinajstić information content (AvgIpc) is 2.93. The van der Waals surface area contributed by atoms with Crippen LogP contribution in [-0.2, 0) is 0 Å². The van der Waals surface area contributed by atoms with Crippen LogP contribution in [0.25, 0.3) is 0 Å². The number of carbonyl (C=O) groups excluding carboxylic acids is 1. The van der Waals surface area contributed by atoms with Crippen LogP contribution in [-0.4, -0.2) is 28.2 Å². The van der Waals surface area contributed by atoms with Gasteiger partial charge in [-0.15, -0.1) is 0 Å². The lowest BCUT2D eigenvalue weighted by atomic mass is 10.3. The summed E-state index contributed by atoms with van der Waals surface area (Å²) in [7, 11) is 0. The Kier molecular flexibility index (Phi) is 2.77. The molecule has 0 aromatic carbocycles. The molecule has 1 unspecified atom stereocenters. The lowest BCUT2D eigenvalue weighted by Gasteiger charge is -2.09. The van der Waals surface area contributed by atoms with Crippen LogP contribution in [0.3, 0.4) is 0 Å². The molecule has 2 N–H and O–H groups in total. The lowest BCUT2D eigenvalue weighted by molar-refractivity contribution is 0.0914. The van der Waals surface area contributed by atoms with Crippen molar-refractivity contribution in [2.24, 2.45) is 0 Å². The average molecular weight is 208 g/mol. The quantitative estimate of drug-likeness (QED) is 0.773. The van der Waals surface area contributed by atoms with Gasteiger partial charge in [-0.05, 0) is 31.9 Å². The number of aliphatic hydroxyl groups excluding tert-OH is 1. The first-order chi connectivity index (χ1) is 7.18. The Bertz CT molecular complexity index is 353. The van der Waals surface area contributed by atoms with Crippen LogP contribution in [0.2, 0.25) is 0 Å². The first-order valence-electron chi connectivity index (χ1n) is 5.31. The summed E-state index contributed by atoms with van der Waals surface area (Å²) < 4.78 is 2.01. The van der Waals surface area contributed by atoms with Crippen LogP contribution in [0, 0.1) is 0 Å². The van der Waals surface area contributed by atoms with E-state index in [1.54, 1.807) is 6.92 Å². The number of aromatic nitrogens is 1. The second-order valence-electron chi connectivity index (χ2n) is 4.09. The zero-order valence-corrected chi connectivity index (χ0v) is 8.81. The molecule has 0 spiro atoms. The van der Waals surface area contributed by atoms with E-state index in [9.17, 15) is 4.79 Å². The number of hydrogen-bond donors (Lipinski definition) is 2. The van der Waals surface area contributed by atoms with Crippen molar-refractivity contribution in [3.8, 4) is 0 Å². The van der Waals surface area contributed by atoms with Gasteiger partial charge >= 0.3 is 0 Å². The third-order valence-corrected chi connectivity index (χ3v) is 2.51. The minimum absolute atomic E-state index is 0.104. The van der Waals surface area contributed by atoms with Crippen LogP contribution in [0.15, 0.2) is 18.3 Å². The second-order valence-corrected chi connectivity index (χ2v) is 4.09. The monoisotopic (exact) mass is 208 g/mol. The van der Waals surface area contributed by atoms with Gasteiger partial charge in [0.1, 0.15) is 5.69 Å². The molecule has 0 aliphatic heterocycles. The summed E-state index contributed by atoms with van der Waals surface area (Å²) in [6, 6.07) is 4.21. The fourth-order valence-corrected chi connectivity index (χ4v) is 1.59. The number of amides is 1. The number of hydrogen-bond acceptors (Lipinski definition) is 2. The Morgan fingerprint density at radius 3 is 3.07 bits per heavy atom. The fourth-order valence-electron chi connectivity index (χ4n) is 1.59. The summed E-state index contributed by atoms with van der Waals surface area (Å²) >= 11 is 0. The van der Waals surface area contributed by atoms with Crippen LogP contribution >= 0.6 is 0 Å². The van der Waals surface area contributed by atoms with Crippen molar-refractivity contribution in [2.75, 3.05) is 6.54 Å². The minimum Gasteiger partial charge on any atom is -0.392 e. The largest absolute Gasteiger partial charge is 0.392 e. The molecule has 4 nitrogen and oxygen atoms in total. The van der Waals surface area contributed by atoms with Crippen molar-refractivity contribution in [3.05, 3.63) is 24.0 Å². The molecule has 1 atom stereocenters. The molecule has 15 heavy (non-hydrogen) atoms. The fraction of sp³-hybridized carbons (Fsp3) is 0.545. The van der Waals surface area contributed by atoms with Crippen LogP contribution < -0.4 is 5.32 Å². The molecular formula is C11H16N2O2. The molecule has 1 aliphatic rings. The number of aliphatic hydroxyl groups is 1. The molecule has 1 aromatic heterocycles. The highest BCUT2D eigenvalue weighted by Gasteiger charge is 2.26. The van der Waals surface area contributed by atoms with E-state index in [1.807, 2.05) is 22.9 Å². The lowest BCUT2D eigenvalue weighted by Crippen LogP contribution is -2.31. The Balaban J connectivity index is 2.01. The Morgan fingerprint density at radius 1 is 1.73 bits per heavy atom. The van der Waals surface area contributed by atoms with E-state index >= 15 is 0 Å². The highest BCUT2D eigenvalue weighted by Crippen LogP contribution is 2.35. The van der Waals surface area contributed by atoms with E-state index in [-0.39, 0.29) is 5.91 Å². The summed E-state index contributed by atoms with van der Waals surface area (Å²) in [6.07, 6.45) is 3.75. The van der Waals surface area contributed by atoms with E-state index in [4.69, 9.17) is 5.11 Å². The Morgan fingerprint density at radius 2 is 2.47 bits per heavy atom. The van der Waals surface area contributed by atoms with Gasteiger partial charge in [0.2, 0.25) is 0 Å². The Hall–Kier alpha value is -1.29. The molecule has 0 saturated heterocycles. The molecule has 1 aliphatic carbocycles. The second kappa shape index (κ2) is 4.06. The molecule has 1 fully saturated rings. The van der Waals surface area contributed by atoms with Gasteiger partial charge < -0.3 is 15.0 Å². The van der Waals surface area contributed by atoms with Crippen LogP contribution in [0.5, 0.6) is 0 Å². The zero-order valence-electron chi connectivity index (χ0n) is 8.81. The van der Waals surface area contributed by atoms with Crippen molar-refractivity contribution < 1.29 is 9.90 Å². The van der Waals surface area contributed by atoms with E-state index < -0.39 is 6.10 Å². The molecule has 0 bridgehead atoms. The predicted octanol–water partition coefficient (Wildman–Crippen LogP) is 0.934.